The van der Waals surface area contributed by atoms with E-state index in [1.54, 1.807) is 24.3 Å². The largest absolute Gasteiger partial charge is 0.744 e. The molecule has 2 rings (SSSR count). The maximum absolute atomic E-state index is 10.4. The molecule has 2 aromatic rings. The summed E-state index contributed by atoms with van der Waals surface area (Å²) in [6.07, 6.45) is 28.2. The molecule has 0 aliphatic heterocycles. The van der Waals surface area contributed by atoms with Crippen LogP contribution < -0.4 is 0 Å². The maximum atomic E-state index is 10.4. The molecule has 0 N–H and O–H groups in total. The fraction of sp³-hybridized carbons (Fsp3) is 0.750. The number of hydrogen-bond acceptors (Lipinski definition) is 8. The van der Waals surface area contributed by atoms with Gasteiger partial charge in [-0.25, -0.2) is 16.8 Å². The Morgan fingerprint density at radius 1 is 0.400 bits per heavy atom. The van der Waals surface area contributed by atoms with Crippen molar-refractivity contribution in [3.63, 3.8) is 0 Å². The Balaban J connectivity index is 0.00000126. The lowest BCUT2D eigenvalue weighted by atomic mass is 10.1. The van der Waals surface area contributed by atoms with E-state index >= 15 is 0 Å². The van der Waals surface area contributed by atoms with E-state index in [1.165, 1.54) is 166 Å². The highest BCUT2D eigenvalue weighted by Crippen LogP contribution is 2.14. The van der Waals surface area contributed by atoms with Gasteiger partial charge < -0.3 is 27.5 Å². The maximum Gasteiger partial charge on any atom is 0.124 e. The van der Waals surface area contributed by atoms with Gasteiger partial charge in [0.05, 0.1) is 77.5 Å². The Morgan fingerprint density at radius 3 is 0.900 bits per heavy atom. The van der Waals surface area contributed by atoms with Crippen molar-refractivity contribution in [2.45, 2.75) is 166 Å². The van der Waals surface area contributed by atoms with Crippen LogP contribution in [-0.2, 0) is 29.7 Å². The van der Waals surface area contributed by atoms with Gasteiger partial charge in [-0.3, -0.25) is 0 Å². The van der Waals surface area contributed by atoms with Crippen LogP contribution in [0.1, 0.15) is 153 Å². The molecule has 0 amide bonds. The van der Waals surface area contributed by atoms with Crippen LogP contribution in [0.3, 0.4) is 0 Å². The van der Waals surface area contributed by atoms with Crippen LogP contribution in [0.5, 0.6) is 0 Å². The van der Waals surface area contributed by atoms with Gasteiger partial charge >= 0.3 is 0 Å². The smallest absolute Gasteiger partial charge is 0.124 e. The summed E-state index contributed by atoms with van der Waals surface area (Å²) >= 11 is 0. The number of quaternary nitrogens is 2. The molecule has 350 valence electrons. The average molecular weight is 885 g/mol. The van der Waals surface area contributed by atoms with Crippen LogP contribution in [0, 0.1) is 13.8 Å². The van der Waals surface area contributed by atoms with E-state index in [0.717, 1.165) is 59.6 Å². The second-order valence-corrected chi connectivity index (χ2v) is 20.6. The molecule has 2 aromatic carbocycles. The molecule has 0 fully saturated rings. The minimum absolute atomic E-state index is 0.178. The lowest BCUT2D eigenvalue weighted by Crippen LogP contribution is -2.43. The third-order valence-electron chi connectivity index (χ3n) is 10.9. The van der Waals surface area contributed by atoms with Gasteiger partial charge in [0, 0.05) is 0 Å². The quantitative estimate of drug-likeness (QED) is 0.0393. The number of ether oxygens (including phenoxy) is 2. The predicted octanol–water partition coefficient (Wildman–Crippen LogP) is 10.8. The van der Waals surface area contributed by atoms with E-state index in [1.807, 2.05) is 13.8 Å². The van der Waals surface area contributed by atoms with Crippen LogP contribution in [0.4, 0.5) is 0 Å². The lowest BCUT2D eigenvalue weighted by molar-refractivity contribution is -0.891. The Kier molecular flexibility index (Phi) is 33.5. The zero-order chi connectivity index (χ0) is 45.2. The van der Waals surface area contributed by atoms with Gasteiger partial charge in [0.15, 0.2) is 0 Å². The molecule has 0 unspecified atom stereocenters. The molecule has 0 heterocycles. The van der Waals surface area contributed by atoms with Crippen LogP contribution >= 0.6 is 0 Å². The van der Waals surface area contributed by atoms with Crippen molar-refractivity contribution in [1.82, 2.24) is 0 Å². The molecule has 0 spiro atoms. The highest BCUT2D eigenvalue weighted by Gasteiger charge is 2.15. The summed E-state index contributed by atoms with van der Waals surface area (Å²) in [6, 6.07) is 11.6. The minimum Gasteiger partial charge on any atom is -0.744 e. The second-order valence-electron chi connectivity index (χ2n) is 17.9. The van der Waals surface area contributed by atoms with Crippen molar-refractivity contribution in [2.24, 2.45) is 0 Å². The summed E-state index contributed by atoms with van der Waals surface area (Å²) in [5, 5.41) is 0. The second kappa shape index (κ2) is 34.6. The molecular weight excluding hydrogens is 797 g/mol. The molecular formula is C48H88N2O8S2. The molecule has 0 saturated heterocycles. The van der Waals surface area contributed by atoms with Crippen molar-refractivity contribution in [1.29, 1.82) is 0 Å². The Hall–Kier alpha value is -1.90. The fourth-order valence-corrected chi connectivity index (χ4v) is 7.57. The number of likely N-dealkylation sites (N-methyl/N-ethyl adjacent to an activating group) is 2. The van der Waals surface area contributed by atoms with E-state index in [0.29, 0.717) is 0 Å². The molecule has 12 heteroatoms. The van der Waals surface area contributed by atoms with E-state index in [9.17, 15) is 25.9 Å². The molecule has 0 aliphatic rings. The summed E-state index contributed by atoms with van der Waals surface area (Å²) in [5.41, 5.74) is 1.86. The zero-order valence-electron chi connectivity index (χ0n) is 39.4. The molecule has 0 radical (unpaired) electrons. The highest BCUT2D eigenvalue weighted by molar-refractivity contribution is 7.86. The van der Waals surface area contributed by atoms with Crippen LogP contribution in [0.2, 0.25) is 0 Å². The highest BCUT2D eigenvalue weighted by atomic mass is 32.2. The molecule has 0 aliphatic carbocycles. The van der Waals surface area contributed by atoms with Crippen LogP contribution in [0.25, 0.3) is 0 Å². The number of hydrogen-bond donors (Lipinski definition) is 0. The van der Waals surface area contributed by atoms with Crippen LogP contribution in [-0.4, -0.2) is 116 Å². The third kappa shape index (κ3) is 35.7. The minimum atomic E-state index is -4.27. The number of benzene rings is 2. The van der Waals surface area contributed by atoms with Crippen molar-refractivity contribution in [2.75, 3.05) is 80.8 Å². The van der Waals surface area contributed by atoms with Crippen molar-refractivity contribution in [3.05, 3.63) is 59.7 Å². The summed E-state index contributed by atoms with van der Waals surface area (Å²) < 4.78 is 76.3. The summed E-state index contributed by atoms with van der Waals surface area (Å²) in [7, 11) is 0.859. The third-order valence-corrected chi connectivity index (χ3v) is 12.6. The molecule has 10 nitrogen and oxygen atoms in total. The number of aryl methyl sites for hydroxylation is 2. The molecule has 0 atom stereocenters. The molecule has 0 saturated carbocycles. The number of nitrogens with zero attached hydrogens (tertiary/aromatic N) is 2. The first-order valence-electron chi connectivity index (χ1n) is 23.2. The van der Waals surface area contributed by atoms with E-state index in [2.05, 4.69) is 42.0 Å². The first-order chi connectivity index (χ1) is 28.3. The monoisotopic (exact) mass is 885 g/mol. The van der Waals surface area contributed by atoms with Gasteiger partial charge in [-0.1, -0.05) is 152 Å². The van der Waals surface area contributed by atoms with Crippen molar-refractivity contribution >= 4 is 20.2 Å². The van der Waals surface area contributed by atoms with Gasteiger partial charge in [-0.15, -0.1) is 0 Å². The number of unbranched alkanes of at least 4 members (excludes halogenated alkanes) is 18. The summed E-state index contributed by atoms with van der Waals surface area (Å²) in [5.74, 6) is 0. The Bertz CT molecular complexity index is 1400. The van der Waals surface area contributed by atoms with E-state index in [-0.39, 0.29) is 9.79 Å². The van der Waals surface area contributed by atoms with Crippen molar-refractivity contribution < 1.29 is 44.4 Å². The molecule has 60 heavy (non-hydrogen) atoms. The Labute approximate surface area is 369 Å². The van der Waals surface area contributed by atoms with Gasteiger partial charge in [0.1, 0.15) is 33.3 Å². The first kappa shape index (κ1) is 58.1. The van der Waals surface area contributed by atoms with E-state index in [4.69, 9.17) is 9.47 Å². The fourth-order valence-electron chi connectivity index (χ4n) is 6.63. The number of rotatable bonds is 33. The molecule has 0 bridgehead atoms. The zero-order valence-corrected chi connectivity index (χ0v) is 41.0. The predicted molar refractivity (Wildman–Crippen MR) is 247 cm³/mol. The standard InChI is InChI=1S/C34H74N2O2.2C7H8O3S/c1-7-9-11-13-15-17-19-21-23-25-27-35(3,4)29-31-37-33-34-38-32-30-36(5,6)28-26-24-22-20-18-16-14-12-10-8-2;2*1-6-2-4-7(5-3-6)11(8,9)10/h7-34H2,1-6H3;2*2-5H,1H3,(H,8,9,10)/q+2;;/p-2. The lowest BCUT2D eigenvalue weighted by Gasteiger charge is -2.30. The summed E-state index contributed by atoms with van der Waals surface area (Å²) in [4.78, 5) is -0.355. The SMILES string of the molecule is CCCCCCCCCCCC[N+](C)(C)CCOCCOCC[N+](C)(C)CCCCCCCCCCCC.Cc1ccc(S(=O)(=O)[O-])cc1.Cc1ccc(S(=O)(=O)[O-])cc1. The van der Waals surface area contributed by atoms with E-state index < -0.39 is 20.2 Å². The Morgan fingerprint density at radius 2 is 0.650 bits per heavy atom. The normalized spacial score (nSPS) is 12.1. The van der Waals surface area contributed by atoms with Gasteiger partial charge in [0.25, 0.3) is 0 Å². The van der Waals surface area contributed by atoms with Gasteiger partial charge in [0.2, 0.25) is 0 Å². The average Bonchev–Trinajstić information content (AvgIpc) is 3.17. The first-order valence-corrected chi connectivity index (χ1v) is 26.0. The van der Waals surface area contributed by atoms with Gasteiger partial charge in [-0.05, 0) is 63.8 Å². The molecule has 0 aromatic heterocycles. The van der Waals surface area contributed by atoms with Gasteiger partial charge in [-0.2, -0.15) is 0 Å². The van der Waals surface area contributed by atoms with Crippen LogP contribution in [0.15, 0.2) is 58.3 Å². The summed E-state index contributed by atoms with van der Waals surface area (Å²) in [6.45, 7) is 16.1. The van der Waals surface area contributed by atoms with Crippen molar-refractivity contribution in [3.8, 4) is 0 Å². The topological polar surface area (TPSA) is 133 Å².